The van der Waals surface area contributed by atoms with Crippen molar-refractivity contribution in [2.75, 3.05) is 4.90 Å². The van der Waals surface area contributed by atoms with Crippen LogP contribution < -0.4 is 4.90 Å². The Hall–Kier alpha value is -3.80. The molecule has 32 heavy (non-hydrogen) atoms. The van der Waals surface area contributed by atoms with Gasteiger partial charge in [-0.1, -0.05) is 48.5 Å². The summed E-state index contributed by atoms with van der Waals surface area (Å²) in [5.74, 6) is -1.69. The molecular formula is C26H23FN2O3. The highest BCUT2D eigenvalue weighted by Crippen LogP contribution is 2.33. The van der Waals surface area contributed by atoms with Crippen molar-refractivity contribution >= 4 is 23.4 Å². The van der Waals surface area contributed by atoms with Gasteiger partial charge >= 0.3 is 0 Å². The molecule has 0 aliphatic carbocycles. The van der Waals surface area contributed by atoms with Crippen LogP contribution in [0.25, 0.3) is 0 Å². The topological polar surface area (TPSA) is 57.7 Å². The summed E-state index contributed by atoms with van der Waals surface area (Å²) in [4.78, 5) is 42.5. The summed E-state index contributed by atoms with van der Waals surface area (Å²) in [5, 5.41) is 0. The number of hydrogen-bond acceptors (Lipinski definition) is 3. The van der Waals surface area contributed by atoms with Crippen LogP contribution in [-0.4, -0.2) is 28.7 Å². The molecule has 5 nitrogen and oxygen atoms in total. The zero-order chi connectivity index (χ0) is 22.8. The lowest BCUT2D eigenvalue weighted by Crippen LogP contribution is -2.47. The first-order valence-corrected chi connectivity index (χ1v) is 10.4. The number of carbonyl (C=O) groups excluding carboxylic acids is 3. The lowest BCUT2D eigenvalue weighted by atomic mass is 10.0. The quantitative estimate of drug-likeness (QED) is 0.553. The molecule has 1 saturated heterocycles. The number of halogens is 1. The Morgan fingerprint density at radius 2 is 1.59 bits per heavy atom. The van der Waals surface area contributed by atoms with E-state index in [2.05, 4.69) is 0 Å². The van der Waals surface area contributed by atoms with E-state index in [9.17, 15) is 18.8 Å². The zero-order valence-corrected chi connectivity index (χ0v) is 17.9. The van der Waals surface area contributed by atoms with E-state index >= 15 is 0 Å². The standard InChI is InChI=1S/C26H23FN2O3/c1-17-8-6-7-11-22(17)25(31)28(18(2)19-9-4-3-5-10-19)23-16-24(30)29(26(23)32)21-14-12-20(27)13-15-21/h3-15,18,23H,16H2,1-2H3. The molecule has 0 N–H and O–H groups in total. The maximum atomic E-state index is 13.7. The van der Waals surface area contributed by atoms with Gasteiger partial charge in [0.1, 0.15) is 11.9 Å². The Kier molecular flexibility index (Phi) is 5.86. The summed E-state index contributed by atoms with van der Waals surface area (Å²) >= 11 is 0. The first-order valence-electron chi connectivity index (χ1n) is 10.4. The molecule has 0 saturated carbocycles. The first kappa shape index (κ1) is 21.4. The summed E-state index contributed by atoms with van der Waals surface area (Å²) < 4.78 is 13.4. The van der Waals surface area contributed by atoms with Crippen LogP contribution in [0.4, 0.5) is 10.1 Å². The molecule has 3 aromatic rings. The maximum absolute atomic E-state index is 13.7. The Morgan fingerprint density at radius 3 is 2.25 bits per heavy atom. The second-order valence-corrected chi connectivity index (χ2v) is 7.88. The molecule has 162 valence electrons. The van der Waals surface area contributed by atoms with Crippen molar-refractivity contribution in [3.63, 3.8) is 0 Å². The summed E-state index contributed by atoms with van der Waals surface area (Å²) in [7, 11) is 0. The first-order chi connectivity index (χ1) is 15.4. The third kappa shape index (κ3) is 3.91. The predicted molar refractivity (Wildman–Crippen MR) is 120 cm³/mol. The molecule has 1 aliphatic heterocycles. The van der Waals surface area contributed by atoms with Gasteiger partial charge in [-0.2, -0.15) is 0 Å². The van der Waals surface area contributed by atoms with E-state index in [0.29, 0.717) is 11.3 Å². The molecule has 3 aromatic carbocycles. The van der Waals surface area contributed by atoms with E-state index in [0.717, 1.165) is 16.0 Å². The number of aryl methyl sites for hydroxylation is 1. The minimum Gasteiger partial charge on any atom is -0.319 e. The zero-order valence-electron chi connectivity index (χ0n) is 17.9. The van der Waals surface area contributed by atoms with Crippen molar-refractivity contribution in [3.8, 4) is 0 Å². The van der Waals surface area contributed by atoms with Crippen molar-refractivity contribution in [1.29, 1.82) is 0 Å². The van der Waals surface area contributed by atoms with Gasteiger partial charge in [0, 0.05) is 5.56 Å². The van der Waals surface area contributed by atoms with Gasteiger partial charge in [-0.25, -0.2) is 9.29 Å². The second-order valence-electron chi connectivity index (χ2n) is 7.88. The van der Waals surface area contributed by atoms with Gasteiger partial charge in [0.15, 0.2) is 0 Å². The minimum absolute atomic E-state index is 0.134. The van der Waals surface area contributed by atoms with Crippen LogP contribution in [0.1, 0.15) is 40.9 Å². The number of nitrogens with zero attached hydrogens (tertiary/aromatic N) is 2. The molecule has 0 bridgehead atoms. The van der Waals surface area contributed by atoms with Crippen LogP contribution in [0.15, 0.2) is 78.9 Å². The third-order valence-corrected chi connectivity index (χ3v) is 5.85. The Morgan fingerprint density at radius 1 is 0.969 bits per heavy atom. The SMILES string of the molecule is Cc1ccccc1C(=O)N(C1CC(=O)N(c2ccc(F)cc2)C1=O)C(C)c1ccccc1. The number of benzene rings is 3. The number of imide groups is 1. The van der Waals surface area contributed by atoms with Crippen LogP contribution in [0.3, 0.4) is 0 Å². The molecule has 1 fully saturated rings. The Labute approximate surface area is 186 Å². The fraction of sp³-hybridized carbons (Fsp3) is 0.192. The van der Waals surface area contributed by atoms with Crippen LogP contribution in [0.5, 0.6) is 0 Å². The van der Waals surface area contributed by atoms with Crippen molar-refractivity contribution in [1.82, 2.24) is 4.90 Å². The van der Waals surface area contributed by atoms with E-state index < -0.39 is 29.7 Å². The van der Waals surface area contributed by atoms with E-state index in [1.54, 1.807) is 12.1 Å². The predicted octanol–water partition coefficient (Wildman–Crippen LogP) is 4.67. The van der Waals surface area contributed by atoms with Crippen molar-refractivity contribution in [2.45, 2.75) is 32.4 Å². The van der Waals surface area contributed by atoms with Crippen molar-refractivity contribution < 1.29 is 18.8 Å². The van der Waals surface area contributed by atoms with Gasteiger partial charge in [0.25, 0.3) is 11.8 Å². The monoisotopic (exact) mass is 430 g/mol. The number of anilines is 1. The molecule has 0 aromatic heterocycles. The summed E-state index contributed by atoms with van der Waals surface area (Å²) in [6.45, 7) is 3.69. The number of rotatable bonds is 5. The van der Waals surface area contributed by atoms with Gasteiger partial charge in [-0.15, -0.1) is 0 Å². The summed E-state index contributed by atoms with van der Waals surface area (Å²) in [5.41, 5.74) is 2.42. The van der Waals surface area contributed by atoms with Crippen molar-refractivity contribution in [2.24, 2.45) is 0 Å². The lowest BCUT2D eigenvalue weighted by Gasteiger charge is -2.34. The largest absolute Gasteiger partial charge is 0.319 e. The van der Waals surface area contributed by atoms with Gasteiger partial charge in [-0.05, 0) is 55.3 Å². The van der Waals surface area contributed by atoms with E-state index in [4.69, 9.17) is 0 Å². The minimum atomic E-state index is -0.963. The molecule has 0 spiro atoms. The van der Waals surface area contributed by atoms with E-state index in [-0.39, 0.29) is 12.3 Å². The molecule has 1 aliphatic rings. The lowest BCUT2D eigenvalue weighted by molar-refractivity contribution is -0.122. The fourth-order valence-electron chi connectivity index (χ4n) is 4.13. The molecule has 1 heterocycles. The third-order valence-electron chi connectivity index (χ3n) is 5.85. The van der Waals surface area contributed by atoms with Gasteiger partial charge in [0.2, 0.25) is 5.91 Å². The molecular weight excluding hydrogens is 407 g/mol. The van der Waals surface area contributed by atoms with Crippen LogP contribution in [0.2, 0.25) is 0 Å². The van der Waals surface area contributed by atoms with Crippen LogP contribution in [0, 0.1) is 12.7 Å². The van der Waals surface area contributed by atoms with E-state index in [1.165, 1.54) is 29.2 Å². The number of hydrogen-bond donors (Lipinski definition) is 0. The maximum Gasteiger partial charge on any atom is 0.257 e. The Bertz CT molecular complexity index is 1160. The smallest absolute Gasteiger partial charge is 0.257 e. The second kappa shape index (κ2) is 8.75. The average molecular weight is 430 g/mol. The van der Waals surface area contributed by atoms with E-state index in [1.807, 2.05) is 56.3 Å². The highest BCUT2D eigenvalue weighted by atomic mass is 19.1. The summed E-state index contributed by atoms with van der Waals surface area (Å²) in [6.07, 6.45) is -0.134. The van der Waals surface area contributed by atoms with Gasteiger partial charge < -0.3 is 4.90 Å². The number of amides is 3. The molecule has 3 amide bonds. The number of carbonyl (C=O) groups is 3. The molecule has 2 atom stereocenters. The summed E-state index contributed by atoms with van der Waals surface area (Å²) in [6, 6.07) is 20.4. The molecule has 0 radical (unpaired) electrons. The molecule has 2 unspecified atom stereocenters. The molecule has 4 rings (SSSR count). The highest BCUT2D eigenvalue weighted by Gasteiger charge is 2.46. The normalized spacial score (nSPS) is 16.8. The average Bonchev–Trinajstić information content (AvgIpc) is 3.09. The Balaban J connectivity index is 1.75. The van der Waals surface area contributed by atoms with Gasteiger partial charge in [-0.3, -0.25) is 14.4 Å². The van der Waals surface area contributed by atoms with Crippen LogP contribution >= 0.6 is 0 Å². The fourth-order valence-corrected chi connectivity index (χ4v) is 4.13. The van der Waals surface area contributed by atoms with Crippen LogP contribution in [-0.2, 0) is 9.59 Å². The van der Waals surface area contributed by atoms with Crippen molar-refractivity contribution in [3.05, 3.63) is 101 Å². The highest BCUT2D eigenvalue weighted by molar-refractivity contribution is 6.23. The molecule has 6 heteroatoms. The van der Waals surface area contributed by atoms with Gasteiger partial charge in [0.05, 0.1) is 18.2 Å².